The molecule has 0 fully saturated rings. The SMILES string of the molecule is Cc1cc(C)c(NC(=O)CNC(=O)CCOCc2ccccc2)c(C)c1. The van der Waals surface area contributed by atoms with Crippen LogP contribution in [-0.2, 0) is 20.9 Å². The highest BCUT2D eigenvalue weighted by atomic mass is 16.5. The van der Waals surface area contributed by atoms with Gasteiger partial charge in [0.1, 0.15) is 0 Å². The van der Waals surface area contributed by atoms with Crippen LogP contribution in [0.5, 0.6) is 0 Å². The van der Waals surface area contributed by atoms with E-state index in [1.807, 2.05) is 63.2 Å². The fraction of sp³-hybridized carbons (Fsp3) is 0.333. The minimum atomic E-state index is -0.237. The van der Waals surface area contributed by atoms with Gasteiger partial charge < -0.3 is 15.4 Å². The lowest BCUT2D eigenvalue weighted by atomic mass is 10.1. The maximum atomic E-state index is 12.1. The average molecular weight is 354 g/mol. The van der Waals surface area contributed by atoms with Crippen molar-refractivity contribution in [2.24, 2.45) is 0 Å². The Kier molecular flexibility index (Phi) is 7.36. The van der Waals surface area contributed by atoms with Crippen molar-refractivity contribution in [2.45, 2.75) is 33.8 Å². The van der Waals surface area contributed by atoms with E-state index in [9.17, 15) is 9.59 Å². The van der Waals surface area contributed by atoms with Crippen molar-refractivity contribution in [1.82, 2.24) is 5.32 Å². The van der Waals surface area contributed by atoms with Crippen LogP contribution in [0, 0.1) is 20.8 Å². The van der Waals surface area contributed by atoms with Crippen molar-refractivity contribution >= 4 is 17.5 Å². The van der Waals surface area contributed by atoms with Gasteiger partial charge >= 0.3 is 0 Å². The van der Waals surface area contributed by atoms with E-state index in [0.717, 1.165) is 27.9 Å². The summed E-state index contributed by atoms with van der Waals surface area (Å²) in [6, 6.07) is 13.8. The third kappa shape index (κ3) is 6.33. The Labute approximate surface area is 154 Å². The quantitative estimate of drug-likeness (QED) is 0.715. The molecule has 0 heterocycles. The van der Waals surface area contributed by atoms with Crippen LogP contribution >= 0.6 is 0 Å². The van der Waals surface area contributed by atoms with Crippen molar-refractivity contribution in [3.63, 3.8) is 0 Å². The fourth-order valence-electron chi connectivity index (χ4n) is 2.76. The van der Waals surface area contributed by atoms with E-state index in [-0.39, 0.29) is 24.8 Å². The fourth-order valence-corrected chi connectivity index (χ4v) is 2.76. The predicted molar refractivity (Wildman–Crippen MR) is 103 cm³/mol. The summed E-state index contributed by atoms with van der Waals surface area (Å²) in [5.74, 6) is -0.441. The van der Waals surface area contributed by atoms with Crippen molar-refractivity contribution in [2.75, 3.05) is 18.5 Å². The van der Waals surface area contributed by atoms with Crippen molar-refractivity contribution in [3.8, 4) is 0 Å². The van der Waals surface area contributed by atoms with Crippen LogP contribution in [0.4, 0.5) is 5.69 Å². The van der Waals surface area contributed by atoms with E-state index in [4.69, 9.17) is 4.74 Å². The number of hydrogen-bond donors (Lipinski definition) is 2. The summed E-state index contributed by atoms with van der Waals surface area (Å²) in [6.45, 7) is 6.67. The number of carbonyl (C=O) groups is 2. The largest absolute Gasteiger partial charge is 0.376 e. The molecule has 0 radical (unpaired) electrons. The lowest BCUT2D eigenvalue weighted by Crippen LogP contribution is -2.33. The molecule has 2 aromatic rings. The number of nitrogens with one attached hydrogen (secondary N) is 2. The number of amides is 2. The van der Waals surface area contributed by atoms with Gasteiger partial charge in [-0.2, -0.15) is 0 Å². The summed E-state index contributed by atoms with van der Waals surface area (Å²) < 4.78 is 5.47. The Balaban J connectivity index is 1.68. The van der Waals surface area contributed by atoms with E-state index in [1.54, 1.807) is 0 Å². The van der Waals surface area contributed by atoms with Crippen LogP contribution in [0.15, 0.2) is 42.5 Å². The summed E-state index contributed by atoms with van der Waals surface area (Å²) in [5.41, 5.74) is 5.05. The number of ether oxygens (including phenoxy) is 1. The molecular formula is C21H26N2O3. The first-order chi connectivity index (χ1) is 12.5. The molecule has 0 aliphatic carbocycles. The second-order valence-corrected chi connectivity index (χ2v) is 6.39. The van der Waals surface area contributed by atoms with E-state index in [2.05, 4.69) is 10.6 Å². The number of rotatable bonds is 8. The van der Waals surface area contributed by atoms with Crippen LogP contribution in [0.25, 0.3) is 0 Å². The van der Waals surface area contributed by atoms with Gasteiger partial charge in [-0.1, -0.05) is 48.0 Å². The van der Waals surface area contributed by atoms with Gasteiger partial charge in [0.2, 0.25) is 11.8 Å². The predicted octanol–water partition coefficient (Wildman–Crippen LogP) is 3.27. The molecule has 0 saturated heterocycles. The number of anilines is 1. The van der Waals surface area contributed by atoms with Crippen LogP contribution < -0.4 is 10.6 Å². The number of hydrogen-bond acceptors (Lipinski definition) is 3. The highest BCUT2D eigenvalue weighted by Gasteiger charge is 2.10. The van der Waals surface area contributed by atoms with Gasteiger partial charge in [-0.25, -0.2) is 0 Å². The standard InChI is InChI=1S/C21H26N2O3/c1-15-11-16(2)21(17(3)12-15)23-20(25)13-22-19(24)9-10-26-14-18-7-5-4-6-8-18/h4-8,11-12H,9-10,13-14H2,1-3H3,(H,22,24)(H,23,25). The molecule has 0 unspecified atom stereocenters. The molecule has 0 saturated carbocycles. The molecule has 0 atom stereocenters. The van der Waals surface area contributed by atoms with Gasteiger partial charge in [0.05, 0.1) is 19.8 Å². The van der Waals surface area contributed by atoms with Gasteiger partial charge in [0.15, 0.2) is 0 Å². The topological polar surface area (TPSA) is 67.4 Å². The summed E-state index contributed by atoms with van der Waals surface area (Å²) in [4.78, 5) is 23.9. The van der Waals surface area contributed by atoms with Gasteiger partial charge in [-0.05, 0) is 37.5 Å². The normalized spacial score (nSPS) is 10.4. The third-order valence-electron chi connectivity index (χ3n) is 3.97. The molecule has 2 aromatic carbocycles. The molecule has 0 aliphatic rings. The molecule has 0 aromatic heterocycles. The first-order valence-electron chi connectivity index (χ1n) is 8.72. The van der Waals surface area contributed by atoms with E-state index >= 15 is 0 Å². The maximum Gasteiger partial charge on any atom is 0.243 e. The first kappa shape index (κ1) is 19.7. The maximum absolute atomic E-state index is 12.1. The minimum absolute atomic E-state index is 0.0513. The Hall–Kier alpha value is -2.66. The number of carbonyl (C=O) groups excluding carboxylic acids is 2. The number of aryl methyl sites for hydroxylation is 3. The molecular weight excluding hydrogens is 328 g/mol. The Morgan fingerprint density at radius 2 is 1.62 bits per heavy atom. The molecule has 2 N–H and O–H groups in total. The zero-order valence-electron chi connectivity index (χ0n) is 15.6. The first-order valence-corrected chi connectivity index (χ1v) is 8.72. The summed E-state index contributed by atoms with van der Waals surface area (Å²) in [7, 11) is 0. The van der Waals surface area contributed by atoms with E-state index < -0.39 is 0 Å². The zero-order chi connectivity index (χ0) is 18.9. The van der Waals surface area contributed by atoms with Crippen LogP contribution in [-0.4, -0.2) is 25.0 Å². The summed E-state index contributed by atoms with van der Waals surface area (Å²) in [6.07, 6.45) is 0.225. The number of benzene rings is 2. The van der Waals surface area contributed by atoms with Crippen LogP contribution in [0.2, 0.25) is 0 Å². The van der Waals surface area contributed by atoms with Crippen molar-refractivity contribution in [3.05, 3.63) is 64.7 Å². The molecule has 5 nitrogen and oxygen atoms in total. The van der Waals surface area contributed by atoms with Crippen LogP contribution in [0.1, 0.15) is 28.7 Å². The lowest BCUT2D eigenvalue weighted by Gasteiger charge is -2.13. The lowest BCUT2D eigenvalue weighted by molar-refractivity contribution is -0.125. The highest BCUT2D eigenvalue weighted by molar-refractivity contribution is 5.95. The van der Waals surface area contributed by atoms with Gasteiger partial charge in [-0.15, -0.1) is 0 Å². The molecule has 0 bridgehead atoms. The Morgan fingerprint density at radius 1 is 0.962 bits per heavy atom. The van der Waals surface area contributed by atoms with Crippen molar-refractivity contribution < 1.29 is 14.3 Å². The molecule has 2 amide bonds. The van der Waals surface area contributed by atoms with Crippen LogP contribution in [0.3, 0.4) is 0 Å². The summed E-state index contributed by atoms with van der Waals surface area (Å²) >= 11 is 0. The molecule has 0 aliphatic heterocycles. The highest BCUT2D eigenvalue weighted by Crippen LogP contribution is 2.21. The van der Waals surface area contributed by atoms with Gasteiger partial charge in [-0.3, -0.25) is 9.59 Å². The molecule has 5 heteroatoms. The monoisotopic (exact) mass is 354 g/mol. The molecule has 0 spiro atoms. The van der Waals surface area contributed by atoms with Gasteiger partial charge in [0, 0.05) is 12.1 Å². The second kappa shape index (κ2) is 9.73. The molecule has 2 rings (SSSR count). The van der Waals surface area contributed by atoms with E-state index in [1.165, 1.54) is 0 Å². The Morgan fingerprint density at radius 3 is 2.27 bits per heavy atom. The zero-order valence-corrected chi connectivity index (χ0v) is 15.6. The summed E-state index contributed by atoms with van der Waals surface area (Å²) in [5, 5.41) is 5.49. The van der Waals surface area contributed by atoms with E-state index in [0.29, 0.717) is 13.2 Å². The van der Waals surface area contributed by atoms with Crippen molar-refractivity contribution in [1.29, 1.82) is 0 Å². The van der Waals surface area contributed by atoms with Gasteiger partial charge in [0.25, 0.3) is 0 Å². The second-order valence-electron chi connectivity index (χ2n) is 6.39. The third-order valence-corrected chi connectivity index (χ3v) is 3.97. The Bertz CT molecular complexity index is 734. The smallest absolute Gasteiger partial charge is 0.243 e. The molecule has 138 valence electrons. The average Bonchev–Trinajstić information content (AvgIpc) is 2.61. The minimum Gasteiger partial charge on any atom is -0.376 e. The molecule has 26 heavy (non-hydrogen) atoms.